The van der Waals surface area contributed by atoms with E-state index in [1.165, 1.54) is 24.7 Å². The third-order valence-corrected chi connectivity index (χ3v) is 7.57. The number of carbonyl (C=O) groups is 2. The Kier molecular flexibility index (Phi) is 7.17. The van der Waals surface area contributed by atoms with Gasteiger partial charge in [-0.1, -0.05) is 19.9 Å². The molecule has 196 valence electrons. The number of aromatic amines is 1. The minimum Gasteiger partial charge on any atom is -0.493 e. The summed E-state index contributed by atoms with van der Waals surface area (Å²) in [4.78, 5) is 37.4. The number of fused-ring (bicyclic) bond motifs is 1. The van der Waals surface area contributed by atoms with Crippen LogP contribution in [-0.4, -0.2) is 45.5 Å². The van der Waals surface area contributed by atoms with E-state index >= 15 is 0 Å². The SMILES string of the molecule is CC(=O)N[C@H]1CC[C@H](NC(=O)c2c(C)[nH]c3c(-c4cc(C(C)C)ccc4OCC4CC4)ncnc23)CC1. The lowest BCUT2D eigenvalue weighted by Gasteiger charge is -2.29. The Labute approximate surface area is 218 Å². The van der Waals surface area contributed by atoms with Crippen molar-refractivity contribution in [3.63, 3.8) is 0 Å². The molecule has 3 aromatic rings. The lowest BCUT2D eigenvalue weighted by molar-refractivity contribution is -0.119. The predicted octanol–water partition coefficient (Wildman–Crippen LogP) is 5.02. The predicted molar refractivity (Wildman–Crippen MR) is 144 cm³/mol. The highest BCUT2D eigenvalue weighted by atomic mass is 16.5. The second-order valence-electron chi connectivity index (χ2n) is 11.0. The zero-order valence-corrected chi connectivity index (χ0v) is 22.2. The molecule has 8 nitrogen and oxygen atoms in total. The molecule has 2 aliphatic rings. The lowest BCUT2D eigenvalue weighted by atomic mass is 9.91. The average molecular weight is 504 g/mol. The summed E-state index contributed by atoms with van der Waals surface area (Å²) in [6, 6.07) is 6.58. The molecular formula is C29H37N5O3. The fourth-order valence-corrected chi connectivity index (χ4v) is 5.24. The highest BCUT2D eigenvalue weighted by Crippen LogP contribution is 2.38. The zero-order chi connectivity index (χ0) is 26.1. The van der Waals surface area contributed by atoms with Gasteiger partial charge in [0.2, 0.25) is 5.91 Å². The van der Waals surface area contributed by atoms with Gasteiger partial charge >= 0.3 is 0 Å². The van der Waals surface area contributed by atoms with Crippen molar-refractivity contribution in [2.24, 2.45) is 5.92 Å². The van der Waals surface area contributed by atoms with Crippen LogP contribution >= 0.6 is 0 Å². The number of H-pyrrole nitrogens is 1. The smallest absolute Gasteiger partial charge is 0.255 e. The molecule has 2 saturated carbocycles. The summed E-state index contributed by atoms with van der Waals surface area (Å²) in [5, 5.41) is 6.19. The quantitative estimate of drug-likeness (QED) is 0.400. The first kappa shape index (κ1) is 25.2. The number of rotatable bonds is 8. The van der Waals surface area contributed by atoms with E-state index in [0.717, 1.165) is 53.9 Å². The maximum absolute atomic E-state index is 13.4. The molecule has 0 saturated heterocycles. The van der Waals surface area contributed by atoms with Crippen LogP contribution in [0.2, 0.25) is 0 Å². The van der Waals surface area contributed by atoms with Crippen LogP contribution in [0.1, 0.15) is 86.8 Å². The Morgan fingerprint density at radius 3 is 2.41 bits per heavy atom. The van der Waals surface area contributed by atoms with Crippen LogP contribution in [0.3, 0.4) is 0 Å². The Hall–Kier alpha value is -3.42. The maximum atomic E-state index is 13.4. The van der Waals surface area contributed by atoms with E-state index in [0.29, 0.717) is 29.5 Å². The molecule has 0 aliphatic heterocycles. The monoisotopic (exact) mass is 503 g/mol. The molecule has 0 unspecified atom stereocenters. The van der Waals surface area contributed by atoms with Crippen molar-refractivity contribution < 1.29 is 14.3 Å². The van der Waals surface area contributed by atoms with Crippen LogP contribution in [0.4, 0.5) is 0 Å². The summed E-state index contributed by atoms with van der Waals surface area (Å²) >= 11 is 0. The second-order valence-corrected chi connectivity index (χ2v) is 11.0. The number of nitrogens with one attached hydrogen (secondary N) is 3. The first-order chi connectivity index (χ1) is 17.8. The molecular weight excluding hydrogens is 466 g/mol. The van der Waals surface area contributed by atoms with Crippen molar-refractivity contribution in [3.05, 3.63) is 41.3 Å². The Morgan fingerprint density at radius 1 is 1.05 bits per heavy atom. The zero-order valence-electron chi connectivity index (χ0n) is 22.2. The van der Waals surface area contributed by atoms with E-state index in [9.17, 15) is 9.59 Å². The number of hydrogen-bond donors (Lipinski definition) is 3. The first-order valence-electron chi connectivity index (χ1n) is 13.5. The number of hydrogen-bond acceptors (Lipinski definition) is 5. The van der Waals surface area contributed by atoms with E-state index in [4.69, 9.17) is 4.74 Å². The van der Waals surface area contributed by atoms with Gasteiger partial charge in [0, 0.05) is 30.3 Å². The number of amides is 2. The van der Waals surface area contributed by atoms with Crippen LogP contribution < -0.4 is 15.4 Å². The van der Waals surface area contributed by atoms with Crippen molar-refractivity contribution in [1.29, 1.82) is 0 Å². The van der Waals surface area contributed by atoms with Crippen molar-refractivity contribution >= 4 is 22.8 Å². The highest BCUT2D eigenvalue weighted by molar-refractivity contribution is 6.09. The number of aryl methyl sites for hydroxylation is 1. The number of benzene rings is 1. The molecule has 2 amide bonds. The molecule has 2 heterocycles. The normalized spacial score (nSPS) is 19.7. The molecule has 2 aliphatic carbocycles. The molecule has 0 atom stereocenters. The molecule has 5 rings (SSSR count). The first-order valence-corrected chi connectivity index (χ1v) is 13.5. The fourth-order valence-electron chi connectivity index (χ4n) is 5.24. The highest BCUT2D eigenvalue weighted by Gasteiger charge is 2.27. The molecule has 0 bridgehead atoms. The van der Waals surface area contributed by atoms with Crippen LogP contribution in [0.5, 0.6) is 5.75 Å². The fraction of sp³-hybridized carbons (Fsp3) is 0.517. The summed E-state index contributed by atoms with van der Waals surface area (Å²) in [7, 11) is 0. The average Bonchev–Trinajstić information content (AvgIpc) is 3.63. The Morgan fingerprint density at radius 2 is 1.76 bits per heavy atom. The van der Waals surface area contributed by atoms with Gasteiger partial charge in [-0.25, -0.2) is 9.97 Å². The van der Waals surface area contributed by atoms with Gasteiger partial charge in [0.25, 0.3) is 5.91 Å². The van der Waals surface area contributed by atoms with E-state index in [2.05, 4.69) is 51.6 Å². The standard InChI is InChI=1S/C29H37N5O3/c1-16(2)20-7-12-24(37-14-19-5-6-19)23(13-20)26-28-27(31-15-30-26)25(17(3)32-28)29(36)34-22-10-8-21(9-11-22)33-18(4)35/h7,12-13,15-16,19,21-22,32H,5-6,8-11,14H2,1-4H3,(H,33,35)(H,34,36)/t21-,22-. The molecule has 1 aromatic carbocycles. The van der Waals surface area contributed by atoms with Gasteiger partial charge in [0.05, 0.1) is 17.7 Å². The molecule has 2 aromatic heterocycles. The number of ether oxygens (including phenoxy) is 1. The second kappa shape index (κ2) is 10.5. The lowest BCUT2D eigenvalue weighted by Crippen LogP contribution is -2.43. The third-order valence-electron chi connectivity index (χ3n) is 7.57. The van der Waals surface area contributed by atoms with Gasteiger partial charge in [0.15, 0.2) is 0 Å². The molecule has 2 fully saturated rings. The number of carbonyl (C=O) groups excluding carboxylic acids is 2. The minimum absolute atomic E-state index is 0.00239. The van der Waals surface area contributed by atoms with Gasteiger partial charge in [0.1, 0.15) is 23.3 Å². The van der Waals surface area contributed by atoms with Gasteiger partial charge in [-0.15, -0.1) is 0 Å². The number of aromatic nitrogens is 3. The van der Waals surface area contributed by atoms with Gasteiger partial charge in [-0.2, -0.15) is 0 Å². The largest absolute Gasteiger partial charge is 0.493 e. The van der Waals surface area contributed by atoms with Crippen molar-refractivity contribution in [3.8, 4) is 17.0 Å². The van der Waals surface area contributed by atoms with Gasteiger partial charge in [-0.05, 0) is 75.0 Å². The molecule has 0 radical (unpaired) electrons. The van der Waals surface area contributed by atoms with E-state index in [1.807, 2.05) is 13.0 Å². The molecule has 37 heavy (non-hydrogen) atoms. The summed E-state index contributed by atoms with van der Waals surface area (Å²) in [5.41, 5.74) is 5.56. The van der Waals surface area contributed by atoms with Gasteiger partial charge in [-0.3, -0.25) is 9.59 Å². The minimum atomic E-state index is -0.127. The van der Waals surface area contributed by atoms with Crippen molar-refractivity contribution in [1.82, 2.24) is 25.6 Å². The van der Waals surface area contributed by atoms with E-state index < -0.39 is 0 Å². The molecule has 8 heteroatoms. The van der Waals surface area contributed by atoms with Crippen LogP contribution in [-0.2, 0) is 4.79 Å². The number of nitrogens with zero attached hydrogens (tertiary/aromatic N) is 2. The summed E-state index contributed by atoms with van der Waals surface area (Å²) in [5.74, 6) is 1.68. The molecule has 3 N–H and O–H groups in total. The van der Waals surface area contributed by atoms with E-state index in [1.54, 1.807) is 6.92 Å². The van der Waals surface area contributed by atoms with Crippen LogP contribution in [0, 0.1) is 12.8 Å². The summed E-state index contributed by atoms with van der Waals surface area (Å²) < 4.78 is 6.24. The van der Waals surface area contributed by atoms with Crippen LogP contribution in [0.25, 0.3) is 22.3 Å². The van der Waals surface area contributed by atoms with Gasteiger partial charge < -0.3 is 20.4 Å². The van der Waals surface area contributed by atoms with Crippen molar-refractivity contribution in [2.75, 3.05) is 6.61 Å². The summed E-state index contributed by atoms with van der Waals surface area (Å²) in [6.45, 7) is 8.51. The Balaban J connectivity index is 1.43. The molecule has 0 spiro atoms. The topological polar surface area (TPSA) is 109 Å². The van der Waals surface area contributed by atoms with Crippen LogP contribution in [0.15, 0.2) is 24.5 Å². The van der Waals surface area contributed by atoms with E-state index in [-0.39, 0.29) is 23.9 Å². The Bertz CT molecular complexity index is 1300. The maximum Gasteiger partial charge on any atom is 0.255 e. The summed E-state index contributed by atoms with van der Waals surface area (Å²) in [6.07, 6.45) is 7.37. The third kappa shape index (κ3) is 5.63. The van der Waals surface area contributed by atoms with Crippen molar-refractivity contribution in [2.45, 2.75) is 84.2 Å².